The molecule has 4 aliphatic rings. The third kappa shape index (κ3) is 4.64. The van der Waals surface area contributed by atoms with Gasteiger partial charge in [-0.25, -0.2) is 0 Å². The van der Waals surface area contributed by atoms with Crippen molar-refractivity contribution < 1.29 is 9.84 Å². The van der Waals surface area contributed by atoms with Gasteiger partial charge in [0, 0.05) is 12.6 Å². The Kier molecular flexibility index (Phi) is 9.29. The van der Waals surface area contributed by atoms with E-state index < -0.39 is 5.60 Å². The molecule has 0 heterocycles. The molecule has 4 rings (SSSR count). The molecule has 0 bridgehead atoms. The molecule has 4 saturated carbocycles. The van der Waals surface area contributed by atoms with E-state index in [0.717, 1.165) is 54.8 Å². The molecular formula is C27H53NO2. The number of aliphatic hydroxyl groups is 1. The molecule has 0 aliphatic heterocycles. The van der Waals surface area contributed by atoms with E-state index in [9.17, 15) is 5.11 Å². The minimum absolute atomic E-state index is 0. The van der Waals surface area contributed by atoms with Crippen LogP contribution in [-0.2, 0) is 4.74 Å². The number of hydrogen-bond acceptors (Lipinski definition) is 3. The lowest BCUT2D eigenvalue weighted by atomic mass is 9.48. The smallest absolute Gasteiger partial charge is 0.0883 e. The van der Waals surface area contributed by atoms with Crippen molar-refractivity contribution in [2.45, 2.75) is 118 Å². The molecule has 7 unspecified atom stereocenters. The van der Waals surface area contributed by atoms with Crippen LogP contribution >= 0.6 is 0 Å². The summed E-state index contributed by atoms with van der Waals surface area (Å²) in [6.07, 6.45) is 12.6. The molecule has 3 nitrogen and oxygen atoms in total. The quantitative estimate of drug-likeness (QED) is 0.536. The highest BCUT2D eigenvalue weighted by Crippen LogP contribution is 2.65. The van der Waals surface area contributed by atoms with Crippen molar-refractivity contribution in [2.24, 2.45) is 46.7 Å². The van der Waals surface area contributed by atoms with Gasteiger partial charge in [0.05, 0.1) is 12.2 Å². The topological polar surface area (TPSA) is 55.5 Å². The van der Waals surface area contributed by atoms with Gasteiger partial charge in [0.2, 0.25) is 0 Å². The van der Waals surface area contributed by atoms with E-state index in [0.29, 0.717) is 24.7 Å². The Morgan fingerprint density at radius 1 is 0.967 bits per heavy atom. The van der Waals surface area contributed by atoms with Crippen molar-refractivity contribution in [3.05, 3.63) is 0 Å². The lowest BCUT2D eigenvalue weighted by Crippen LogP contribution is -2.53. The van der Waals surface area contributed by atoms with Crippen LogP contribution in [0.1, 0.15) is 106 Å². The minimum Gasteiger partial charge on any atom is -0.387 e. The van der Waals surface area contributed by atoms with Crippen molar-refractivity contribution in [2.75, 3.05) is 13.2 Å². The second kappa shape index (κ2) is 10.7. The zero-order chi connectivity index (χ0) is 21.2. The van der Waals surface area contributed by atoms with Gasteiger partial charge in [-0.2, -0.15) is 0 Å². The van der Waals surface area contributed by atoms with Crippen LogP contribution in [0, 0.1) is 40.9 Å². The fourth-order valence-corrected chi connectivity index (χ4v) is 8.41. The molecule has 178 valence electrons. The van der Waals surface area contributed by atoms with Crippen LogP contribution in [0.5, 0.6) is 0 Å². The summed E-state index contributed by atoms with van der Waals surface area (Å²) in [6, 6.07) is 0.399. The first-order valence-electron chi connectivity index (χ1n) is 13.0. The van der Waals surface area contributed by atoms with Gasteiger partial charge >= 0.3 is 0 Å². The maximum absolute atomic E-state index is 11.0. The van der Waals surface area contributed by atoms with Gasteiger partial charge in [-0.15, -0.1) is 0 Å². The van der Waals surface area contributed by atoms with E-state index in [-0.39, 0.29) is 7.43 Å². The summed E-state index contributed by atoms with van der Waals surface area (Å²) in [7, 11) is 0. The lowest BCUT2D eigenvalue weighted by molar-refractivity contribution is -0.128. The van der Waals surface area contributed by atoms with Crippen molar-refractivity contribution in [1.29, 1.82) is 0 Å². The van der Waals surface area contributed by atoms with Gasteiger partial charge in [-0.3, -0.25) is 0 Å². The van der Waals surface area contributed by atoms with E-state index in [1.807, 2.05) is 20.8 Å². The Hall–Kier alpha value is -0.120. The molecule has 4 fully saturated rings. The predicted molar refractivity (Wildman–Crippen MR) is 128 cm³/mol. The van der Waals surface area contributed by atoms with E-state index in [1.54, 1.807) is 0 Å². The average Bonchev–Trinajstić information content (AvgIpc) is 3.10. The molecular weight excluding hydrogens is 370 g/mol. The van der Waals surface area contributed by atoms with Crippen LogP contribution in [0.15, 0.2) is 0 Å². The molecule has 0 aromatic heterocycles. The summed E-state index contributed by atoms with van der Waals surface area (Å²) in [5.74, 6) is 5.07. The Morgan fingerprint density at radius 3 is 2.33 bits per heavy atom. The molecule has 3 N–H and O–H groups in total. The summed E-state index contributed by atoms with van der Waals surface area (Å²) in [5.41, 5.74) is 6.51. The van der Waals surface area contributed by atoms with E-state index >= 15 is 0 Å². The number of hydrogen-bond donors (Lipinski definition) is 2. The Balaban J connectivity index is 0.00000104. The van der Waals surface area contributed by atoms with Crippen LogP contribution in [0.25, 0.3) is 0 Å². The molecule has 0 saturated heterocycles. The molecule has 30 heavy (non-hydrogen) atoms. The average molecular weight is 424 g/mol. The Morgan fingerprint density at radius 2 is 1.67 bits per heavy atom. The zero-order valence-corrected chi connectivity index (χ0v) is 20.0. The van der Waals surface area contributed by atoms with Crippen LogP contribution in [0.3, 0.4) is 0 Å². The van der Waals surface area contributed by atoms with Crippen molar-refractivity contribution >= 4 is 0 Å². The summed E-state index contributed by atoms with van der Waals surface area (Å²) >= 11 is 0. The second-order valence-electron chi connectivity index (χ2n) is 10.8. The highest BCUT2D eigenvalue weighted by Gasteiger charge is 2.58. The fourth-order valence-electron chi connectivity index (χ4n) is 8.41. The molecule has 0 radical (unpaired) electrons. The fraction of sp³-hybridized carbons (Fsp3) is 1.00. The van der Waals surface area contributed by atoms with E-state index in [1.165, 1.54) is 44.9 Å². The van der Waals surface area contributed by atoms with E-state index in [2.05, 4.69) is 13.8 Å². The summed E-state index contributed by atoms with van der Waals surface area (Å²) < 4.78 is 5.62. The Bertz CT molecular complexity index is 525. The maximum atomic E-state index is 11.0. The Labute approximate surface area is 187 Å². The summed E-state index contributed by atoms with van der Waals surface area (Å²) in [5, 5.41) is 11.0. The molecule has 0 aromatic carbocycles. The van der Waals surface area contributed by atoms with Gasteiger partial charge in [-0.1, -0.05) is 35.1 Å². The molecule has 0 spiro atoms. The van der Waals surface area contributed by atoms with Gasteiger partial charge < -0.3 is 15.6 Å². The van der Waals surface area contributed by atoms with Gasteiger partial charge in [0.15, 0.2) is 0 Å². The summed E-state index contributed by atoms with van der Waals surface area (Å²) in [4.78, 5) is 0. The highest BCUT2D eigenvalue weighted by atomic mass is 16.5. The first kappa shape index (κ1) is 26.1. The van der Waals surface area contributed by atoms with Crippen molar-refractivity contribution in [3.63, 3.8) is 0 Å². The molecule has 0 amide bonds. The second-order valence-corrected chi connectivity index (χ2v) is 10.8. The van der Waals surface area contributed by atoms with Gasteiger partial charge in [0.1, 0.15) is 0 Å². The number of rotatable bonds is 5. The van der Waals surface area contributed by atoms with Gasteiger partial charge in [-0.05, 0) is 112 Å². The third-order valence-corrected chi connectivity index (χ3v) is 9.74. The normalized spacial score (nSPS) is 45.7. The van der Waals surface area contributed by atoms with Crippen molar-refractivity contribution in [3.8, 4) is 0 Å². The third-order valence-electron chi connectivity index (χ3n) is 9.74. The zero-order valence-electron chi connectivity index (χ0n) is 20.0. The minimum atomic E-state index is -0.556. The largest absolute Gasteiger partial charge is 0.387 e. The monoisotopic (exact) mass is 423 g/mol. The predicted octanol–water partition coefficient (Wildman–Crippen LogP) is 6.42. The van der Waals surface area contributed by atoms with Crippen molar-refractivity contribution in [1.82, 2.24) is 0 Å². The number of nitrogens with two attached hydrogens (primary N) is 1. The first-order valence-corrected chi connectivity index (χ1v) is 13.0. The van der Waals surface area contributed by atoms with Crippen LogP contribution in [-0.4, -0.2) is 30.0 Å². The summed E-state index contributed by atoms with van der Waals surface area (Å²) in [6.45, 7) is 12.1. The lowest BCUT2D eigenvalue weighted by Gasteiger charge is -2.57. The molecule has 4 aliphatic carbocycles. The maximum Gasteiger partial charge on any atom is 0.0883 e. The standard InChI is InChI=1S/C24H43NO2.C2H6.CH4/c1-4-22(25)21-9-8-20-19-7-6-16-14-24(26,15-27-5-2)13-11-17(16)18(19)10-12-23(20,21)3;1-2;/h16-22,26H,4-15,25H2,1-3H3;1-2H3;1H4/t16?,17?,18?,19?,20?,21-,22?,23?,24-;;/m1../s1. The van der Waals surface area contributed by atoms with Gasteiger partial charge in [0.25, 0.3) is 0 Å². The molecule has 0 aromatic rings. The first-order chi connectivity index (χ1) is 13.9. The molecule has 3 heteroatoms. The number of fused-ring (bicyclic) bond motifs is 5. The van der Waals surface area contributed by atoms with Crippen LogP contribution in [0.4, 0.5) is 0 Å². The number of ether oxygens (including phenoxy) is 1. The van der Waals surface area contributed by atoms with E-state index in [4.69, 9.17) is 10.5 Å². The molecule has 9 atom stereocenters. The SMILES string of the molecule is C.CC.CCOC[C@@]1(O)CCC2C(CCC3C2CCC2(C)C3CC[C@@H]2C(N)CC)C1. The van der Waals surface area contributed by atoms with Crippen LogP contribution in [0.2, 0.25) is 0 Å². The highest BCUT2D eigenvalue weighted by molar-refractivity contribution is 5.08. The van der Waals surface area contributed by atoms with Crippen LogP contribution < -0.4 is 5.73 Å².